The van der Waals surface area contributed by atoms with Crippen molar-refractivity contribution in [2.75, 3.05) is 18.5 Å². The van der Waals surface area contributed by atoms with E-state index in [2.05, 4.69) is 16.9 Å². The van der Waals surface area contributed by atoms with Crippen LogP contribution in [0.15, 0.2) is 18.3 Å². The lowest BCUT2D eigenvalue weighted by molar-refractivity contribution is 0.774. The lowest BCUT2D eigenvalue weighted by Crippen LogP contribution is -2.22. The Kier molecular flexibility index (Phi) is 2.92. The number of hydrogen-bond acceptors (Lipinski definition) is 2. The zero-order chi connectivity index (χ0) is 9.97. The highest BCUT2D eigenvalue weighted by Gasteiger charge is 2.23. The van der Waals surface area contributed by atoms with Crippen LogP contribution in [-0.4, -0.2) is 18.6 Å². The van der Waals surface area contributed by atoms with Crippen molar-refractivity contribution in [2.45, 2.75) is 18.7 Å². The standard InChI is InChI=1S/C11H15ClN2/c1-14(8-9-4-5-9)11-10(7-12)3-2-6-13-11/h2-3,6,9H,4-5,7-8H2,1H3. The second kappa shape index (κ2) is 4.18. The first-order valence-electron chi connectivity index (χ1n) is 5.02. The van der Waals surface area contributed by atoms with Crippen LogP contribution in [0, 0.1) is 5.92 Å². The van der Waals surface area contributed by atoms with Gasteiger partial charge in [0.25, 0.3) is 0 Å². The van der Waals surface area contributed by atoms with Crippen LogP contribution in [-0.2, 0) is 5.88 Å². The highest BCUT2D eigenvalue weighted by Crippen LogP contribution is 2.31. The van der Waals surface area contributed by atoms with Crippen LogP contribution in [0.5, 0.6) is 0 Å². The second-order valence-electron chi connectivity index (χ2n) is 3.94. The van der Waals surface area contributed by atoms with Gasteiger partial charge in [0.2, 0.25) is 0 Å². The van der Waals surface area contributed by atoms with Crippen LogP contribution < -0.4 is 4.90 Å². The number of halogens is 1. The van der Waals surface area contributed by atoms with E-state index >= 15 is 0 Å². The summed E-state index contributed by atoms with van der Waals surface area (Å²) >= 11 is 5.86. The molecule has 0 saturated heterocycles. The Balaban J connectivity index is 2.11. The lowest BCUT2D eigenvalue weighted by atomic mass is 10.2. The number of rotatable bonds is 4. The summed E-state index contributed by atoms with van der Waals surface area (Å²) in [5, 5.41) is 0. The van der Waals surface area contributed by atoms with Gasteiger partial charge in [-0.05, 0) is 24.8 Å². The minimum absolute atomic E-state index is 0.540. The first-order valence-corrected chi connectivity index (χ1v) is 5.55. The molecule has 0 aliphatic heterocycles. The first kappa shape index (κ1) is 9.78. The molecule has 1 aromatic heterocycles. The summed E-state index contributed by atoms with van der Waals surface area (Å²) in [6.07, 6.45) is 4.57. The molecule has 0 atom stereocenters. The van der Waals surface area contributed by atoms with Crippen molar-refractivity contribution in [3.05, 3.63) is 23.9 Å². The molecule has 0 aromatic carbocycles. The molecule has 1 heterocycles. The Morgan fingerprint density at radius 3 is 3.00 bits per heavy atom. The molecule has 1 aromatic rings. The van der Waals surface area contributed by atoms with Crippen molar-refractivity contribution >= 4 is 17.4 Å². The summed E-state index contributed by atoms with van der Waals surface area (Å²) in [5.74, 6) is 2.46. The van der Waals surface area contributed by atoms with Crippen LogP contribution >= 0.6 is 11.6 Å². The van der Waals surface area contributed by atoms with Crippen molar-refractivity contribution in [3.8, 4) is 0 Å². The number of pyridine rings is 1. The zero-order valence-corrected chi connectivity index (χ0v) is 9.17. The van der Waals surface area contributed by atoms with Gasteiger partial charge in [-0.25, -0.2) is 4.98 Å². The highest BCUT2D eigenvalue weighted by molar-refractivity contribution is 6.17. The number of nitrogens with zero attached hydrogens (tertiary/aromatic N) is 2. The molecule has 14 heavy (non-hydrogen) atoms. The van der Waals surface area contributed by atoms with E-state index in [1.54, 1.807) is 0 Å². The molecular weight excluding hydrogens is 196 g/mol. The molecule has 3 heteroatoms. The fourth-order valence-electron chi connectivity index (χ4n) is 1.65. The van der Waals surface area contributed by atoms with Gasteiger partial charge in [0.15, 0.2) is 0 Å². The quantitative estimate of drug-likeness (QED) is 0.711. The molecule has 1 fully saturated rings. The Bertz CT molecular complexity index is 310. The predicted octanol–water partition coefficient (Wildman–Crippen LogP) is 2.67. The summed E-state index contributed by atoms with van der Waals surface area (Å²) in [6.45, 7) is 1.11. The van der Waals surface area contributed by atoms with Crippen molar-refractivity contribution in [3.63, 3.8) is 0 Å². The van der Waals surface area contributed by atoms with Gasteiger partial charge in [-0.2, -0.15) is 0 Å². The predicted molar refractivity (Wildman–Crippen MR) is 59.8 cm³/mol. The zero-order valence-electron chi connectivity index (χ0n) is 8.41. The van der Waals surface area contributed by atoms with E-state index in [0.717, 1.165) is 23.8 Å². The van der Waals surface area contributed by atoms with Gasteiger partial charge in [-0.3, -0.25) is 0 Å². The van der Waals surface area contributed by atoms with Crippen LogP contribution in [0.25, 0.3) is 0 Å². The van der Waals surface area contributed by atoms with E-state index in [0.29, 0.717) is 5.88 Å². The molecule has 2 rings (SSSR count). The van der Waals surface area contributed by atoms with E-state index in [1.165, 1.54) is 12.8 Å². The van der Waals surface area contributed by atoms with Gasteiger partial charge >= 0.3 is 0 Å². The summed E-state index contributed by atoms with van der Waals surface area (Å²) in [6, 6.07) is 3.98. The molecule has 0 radical (unpaired) electrons. The summed E-state index contributed by atoms with van der Waals surface area (Å²) in [5.41, 5.74) is 1.12. The van der Waals surface area contributed by atoms with Gasteiger partial charge < -0.3 is 4.90 Å². The molecule has 1 aliphatic rings. The highest BCUT2D eigenvalue weighted by atomic mass is 35.5. The van der Waals surface area contributed by atoms with Crippen LogP contribution in [0.3, 0.4) is 0 Å². The molecule has 1 saturated carbocycles. The third kappa shape index (κ3) is 2.18. The molecular formula is C11H15ClN2. The molecule has 76 valence electrons. The lowest BCUT2D eigenvalue weighted by Gasteiger charge is -2.19. The van der Waals surface area contributed by atoms with E-state index in [-0.39, 0.29) is 0 Å². The third-order valence-electron chi connectivity index (χ3n) is 2.60. The number of aromatic nitrogens is 1. The van der Waals surface area contributed by atoms with Crippen molar-refractivity contribution < 1.29 is 0 Å². The summed E-state index contributed by atoms with van der Waals surface area (Å²) < 4.78 is 0. The Morgan fingerprint density at radius 1 is 1.57 bits per heavy atom. The fraction of sp³-hybridized carbons (Fsp3) is 0.545. The molecule has 1 aliphatic carbocycles. The maximum Gasteiger partial charge on any atom is 0.132 e. The molecule has 0 unspecified atom stereocenters. The minimum Gasteiger partial charge on any atom is -0.359 e. The van der Waals surface area contributed by atoms with Gasteiger partial charge in [0.1, 0.15) is 5.82 Å². The molecule has 0 amide bonds. The van der Waals surface area contributed by atoms with Gasteiger partial charge in [-0.1, -0.05) is 6.07 Å². The second-order valence-corrected chi connectivity index (χ2v) is 4.21. The van der Waals surface area contributed by atoms with Crippen LogP contribution in [0.1, 0.15) is 18.4 Å². The Labute approximate surface area is 89.9 Å². The molecule has 0 N–H and O–H groups in total. The van der Waals surface area contributed by atoms with Crippen molar-refractivity contribution in [1.82, 2.24) is 4.98 Å². The third-order valence-corrected chi connectivity index (χ3v) is 2.89. The Hall–Kier alpha value is -0.760. The Morgan fingerprint density at radius 2 is 2.36 bits per heavy atom. The minimum atomic E-state index is 0.540. The summed E-state index contributed by atoms with van der Waals surface area (Å²) in [4.78, 5) is 6.59. The maximum absolute atomic E-state index is 5.86. The van der Waals surface area contributed by atoms with E-state index in [1.807, 2.05) is 18.3 Å². The van der Waals surface area contributed by atoms with Gasteiger partial charge in [0.05, 0.1) is 5.88 Å². The molecule has 2 nitrogen and oxygen atoms in total. The number of alkyl halides is 1. The van der Waals surface area contributed by atoms with Crippen LogP contribution in [0.4, 0.5) is 5.82 Å². The number of hydrogen-bond donors (Lipinski definition) is 0. The van der Waals surface area contributed by atoms with Crippen molar-refractivity contribution in [1.29, 1.82) is 0 Å². The van der Waals surface area contributed by atoms with Crippen LogP contribution in [0.2, 0.25) is 0 Å². The monoisotopic (exact) mass is 210 g/mol. The van der Waals surface area contributed by atoms with Crippen molar-refractivity contribution in [2.24, 2.45) is 5.92 Å². The maximum atomic E-state index is 5.86. The smallest absolute Gasteiger partial charge is 0.132 e. The van der Waals surface area contributed by atoms with E-state index in [9.17, 15) is 0 Å². The van der Waals surface area contributed by atoms with E-state index in [4.69, 9.17) is 11.6 Å². The van der Waals surface area contributed by atoms with Gasteiger partial charge in [-0.15, -0.1) is 11.6 Å². The topological polar surface area (TPSA) is 16.1 Å². The normalized spacial score (nSPS) is 15.6. The SMILES string of the molecule is CN(CC1CC1)c1ncccc1CCl. The molecule has 0 spiro atoms. The van der Waals surface area contributed by atoms with E-state index < -0.39 is 0 Å². The first-order chi connectivity index (χ1) is 6.81. The molecule has 0 bridgehead atoms. The largest absolute Gasteiger partial charge is 0.359 e. The average molecular weight is 211 g/mol. The fourth-order valence-corrected chi connectivity index (χ4v) is 1.86. The number of anilines is 1. The van der Waals surface area contributed by atoms with Gasteiger partial charge in [0, 0.05) is 25.4 Å². The average Bonchev–Trinajstić information content (AvgIpc) is 3.01. The summed E-state index contributed by atoms with van der Waals surface area (Å²) in [7, 11) is 2.09.